The van der Waals surface area contributed by atoms with Crippen LogP contribution in [0, 0.1) is 5.92 Å². The standard InChI is InChI=1S/C10H23NO/c1-5-9(4)11-7-6-10(12)8(2)3/h8-12H,5-7H2,1-4H3. The SMILES string of the molecule is CCC(C)NCCC(O)C(C)C. The molecule has 0 aliphatic carbocycles. The van der Waals surface area contributed by atoms with Crippen LogP contribution >= 0.6 is 0 Å². The molecular weight excluding hydrogens is 150 g/mol. The first-order valence-corrected chi connectivity index (χ1v) is 4.99. The first-order chi connectivity index (χ1) is 5.57. The molecule has 0 aromatic carbocycles. The number of aliphatic hydroxyl groups excluding tert-OH is 1. The van der Waals surface area contributed by atoms with Gasteiger partial charge in [0.2, 0.25) is 0 Å². The quantitative estimate of drug-likeness (QED) is 0.641. The van der Waals surface area contributed by atoms with Gasteiger partial charge in [-0.1, -0.05) is 20.8 Å². The lowest BCUT2D eigenvalue weighted by Gasteiger charge is -2.16. The molecule has 0 bridgehead atoms. The molecule has 0 saturated heterocycles. The molecule has 0 saturated carbocycles. The van der Waals surface area contributed by atoms with Crippen LogP contribution in [0.4, 0.5) is 0 Å². The van der Waals surface area contributed by atoms with Crippen molar-refractivity contribution in [3.63, 3.8) is 0 Å². The van der Waals surface area contributed by atoms with Crippen LogP contribution in [0.25, 0.3) is 0 Å². The van der Waals surface area contributed by atoms with E-state index < -0.39 is 0 Å². The van der Waals surface area contributed by atoms with E-state index in [9.17, 15) is 5.11 Å². The van der Waals surface area contributed by atoms with Gasteiger partial charge in [0, 0.05) is 6.04 Å². The van der Waals surface area contributed by atoms with Gasteiger partial charge in [-0.3, -0.25) is 0 Å². The molecule has 2 nitrogen and oxygen atoms in total. The van der Waals surface area contributed by atoms with Crippen LogP contribution in [-0.2, 0) is 0 Å². The Balaban J connectivity index is 3.30. The summed E-state index contributed by atoms with van der Waals surface area (Å²) in [6, 6.07) is 0.573. The molecule has 0 aromatic rings. The summed E-state index contributed by atoms with van der Waals surface area (Å²) in [6.07, 6.45) is 1.86. The normalized spacial score (nSPS) is 16.5. The highest BCUT2D eigenvalue weighted by Crippen LogP contribution is 2.04. The molecule has 0 aliphatic heterocycles. The molecule has 12 heavy (non-hydrogen) atoms. The topological polar surface area (TPSA) is 32.3 Å². The summed E-state index contributed by atoms with van der Waals surface area (Å²) >= 11 is 0. The minimum atomic E-state index is -0.151. The van der Waals surface area contributed by atoms with Gasteiger partial charge in [0.05, 0.1) is 6.10 Å². The lowest BCUT2D eigenvalue weighted by Crippen LogP contribution is -2.29. The molecular formula is C10H23NO. The van der Waals surface area contributed by atoms with Crippen molar-refractivity contribution >= 4 is 0 Å². The molecule has 0 heterocycles. The molecule has 0 fully saturated rings. The highest BCUT2D eigenvalue weighted by Gasteiger charge is 2.08. The van der Waals surface area contributed by atoms with Gasteiger partial charge in [0.15, 0.2) is 0 Å². The van der Waals surface area contributed by atoms with Crippen LogP contribution in [0.1, 0.15) is 40.5 Å². The third kappa shape index (κ3) is 5.56. The van der Waals surface area contributed by atoms with Crippen LogP contribution in [-0.4, -0.2) is 23.8 Å². The zero-order valence-electron chi connectivity index (χ0n) is 8.80. The van der Waals surface area contributed by atoms with Crippen molar-refractivity contribution in [1.29, 1.82) is 0 Å². The molecule has 0 amide bonds. The van der Waals surface area contributed by atoms with E-state index in [-0.39, 0.29) is 6.10 Å². The van der Waals surface area contributed by atoms with Crippen molar-refractivity contribution in [2.24, 2.45) is 5.92 Å². The maximum absolute atomic E-state index is 9.47. The Morgan fingerprint density at radius 3 is 2.25 bits per heavy atom. The molecule has 0 spiro atoms. The Morgan fingerprint density at radius 1 is 1.25 bits per heavy atom. The van der Waals surface area contributed by atoms with E-state index in [1.807, 2.05) is 13.8 Å². The van der Waals surface area contributed by atoms with E-state index in [0.29, 0.717) is 12.0 Å². The summed E-state index contributed by atoms with van der Waals surface area (Å²) in [4.78, 5) is 0. The fourth-order valence-corrected chi connectivity index (χ4v) is 0.955. The second kappa shape index (κ2) is 6.44. The molecule has 0 rings (SSSR count). The van der Waals surface area contributed by atoms with Crippen molar-refractivity contribution in [3.8, 4) is 0 Å². The lowest BCUT2D eigenvalue weighted by molar-refractivity contribution is 0.115. The fraction of sp³-hybridized carbons (Fsp3) is 1.00. The molecule has 0 aromatic heterocycles. The number of nitrogens with one attached hydrogen (secondary N) is 1. The van der Waals surface area contributed by atoms with Crippen molar-refractivity contribution < 1.29 is 5.11 Å². The van der Waals surface area contributed by atoms with Gasteiger partial charge >= 0.3 is 0 Å². The van der Waals surface area contributed by atoms with Crippen molar-refractivity contribution in [1.82, 2.24) is 5.32 Å². The highest BCUT2D eigenvalue weighted by molar-refractivity contribution is 4.64. The monoisotopic (exact) mass is 173 g/mol. The predicted molar refractivity (Wildman–Crippen MR) is 53.2 cm³/mol. The van der Waals surface area contributed by atoms with Crippen LogP contribution in [0.15, 0.2) is 0 Å². The Hall–Kier alpha value is -0.0800. The van der Waals surface area contributed by atoms with Gasteiger partial charge in [0.25, 0.3) is 0 Å². The van der Waals surface area contributed by atoms with Gasteiger partial charge in [-0.2, -0.15) is 0 Å². The predicted octanol–water partition coefficient (Wildman–Crippen LogP) is 1.78. The average Bonchev–Trinajstić information content (AvgIpc) is 2.03. The number of hydrogen-bond acceptors (Lipinski definition) is 2. The molecule has 2 heteroatoms. The Labute approximate surface area is 76.4 Å². The first kappa shape index (κ1) is 11.9. The Morgan fingerprint density at radius 2 is 1.83 bits per heavy atom. The number of hydrogen-bond donors (Lipinski definition) is 2. The van der Waals surface area contributed by atoms with Gasteiger partial charge in [-0.25, -0.2) is 0 Å². The summed E-state index contributed by atoms with van der Waals surface area (Å²) in [7, 11) is 0. The molecule has 0 radical (unpaired) electrons. The van der Waals surface area contributed by atoms with Crippen LogP contribution in [0.5, 0.6) is 0 Å². The zero-order chi connectivity index (χ0) is 9.56. The van der Waals surface area contributed by atoms with E-state index in [0.717, 1.165) is 19.4 Å². The van der Waals surface area contributed by atoms with Gasteiger partial charge in [0.1, 0.15) is 0 Å². The largest absolute Gasteiger partial charge is 0.393 e. The van der Waals surface area contributed by atoms with Crippen LogP contribution in [0.2, 0.25) is 0 Å². The van der Waals surface area contributed by atoms with E-state index in [1.165, 1.54) is 0 Å². The Bertz CT molecular complexity index is 104. The smallest absolute Gasteiger partial charge is 0.0575 e. The minimum absolute atomic E-state index is 0.151. The third-order valence-corrected chi connectivity index (χ3v) is 2.31. The van der Waals surface area contributed by atoms with E-state index in [2.05, 4.69) is 19.2 Å². The van der Waals surface area contributed by atoms with Gasteiger partial charge < -0.3 is 10.4 Å². The summed E-state index contributed by atoms with van der Waals surface area (Å²) in [6.45, 7) is 9.36. The van der Waals surface area contributed by atoms with Crippen LogP contribution < -0.4 is 5.32 Å². The zero-order valence-corrected chi connectivity index (χ0v) is 8.80. The minimum Gasteiger partial charge on any atom is -0.393 e. The summed E-state index contributed by atoms with van der Waals surface area (Å²) in [5.41, 5.74) is 0. The maximum Gasteiger partial charge on any atom is 0.0575 e. The molecule has 2 atom stereocenters. The van der Waals surface area contributed by atoms with E-state index in [1.54, 1.807) is 0 Å². The summed E-state index contributed by atoms with van der Waals surface area (Å²) < 4.78 is 0. The molecule has 74 valence electrons. The van der Waals surface area contributed by atoms with E-state index >= 15 is 0 Å². The highest BCUT2D eigenvalue weighted by atomic mass is 16.3. The van der Waals surface area contributed by atoms with Gasteiger partial charge in [-0.05, 0) is 32.2 Å². The third-order valence-electron chi connectivity index (χ3n) is 2.31. The first-order valence-electron chi connectivity index (χ1n) is 4.99. The molecule has 0 aliphatic rings. The second-order valence-electron chi connectivity index (χ2n) is 3.86. The Kier molecular flexibility index (Phi) is 6.39. The second-order valence-corrected chi connectivity index (χ2v) is 3.86. The molecule has 2 unspecified atom stereocenters. The van der Waals surface area contributed by atoms with E-state index in [4.69, 9.17) is 0 Å². The lowest BCUT2D eigenvalue weighted by atomic mass is 10.0. The number of rotatable bonds is 6. The molecule has 2 N–H and O–H groups in total. The summed E-state index contributed by atoms with van der Waals surface area (Å²) in [5.74, 6) is 0.378. The summed E-state index contributed by atoms with van der Waals surface area (Å²) in [5, 5.41) is 12.8. The van der Waals surface area contributed by atoms with Gasteiger partial charge in [-0.15, -0.1) is 0 Å². The van der Waals surface area contributed by atoms with Crippen molar-refractivity contribution in [2.45, 2.75) is 52.7 Å². The number of aliphatic hydroxyl groups is 1. The van der Waals surface area contributed by atoms with Crippen molar-refractivity contribution in [3.05, 3.63) is 0 Å². The van der Waals surface area contributed by atoms with Crippen LogP contribution in [0.3, 0.4) is 0 Å². The van der Waals surface area contributed by atoms with Crippen molar-refractivity contribution in [2.75, 3.05) is 6.54 Å². The average molecular weight is 173 g/mol. The maximum atomic E-state index is 9.47. The fourth-order valence-electron chi connectivity index (χ4n) is 0.955.